The SMILES string of the molecule is CNC(=O)c1nn(CC2CCCCC2)c2c1C[C@H](NC(C)(C)CO)CC2. The second kappa shape index (κ2) is 8.09. The molecule has 3 N–H and O–H groups in total. The van der Waals surface area contributed by atoms with Gasteiger partial charge in [0.05, 0.1) is 6.61 Å². The highest BCUT2D eigenvalue weighted by molar-refractivity contribution is 5.93. The zero-order valence-corrected chi connectivity index (χ0v) is 16.5. The van der Waals surface area contributed by atoms with E-state index in [2.05, 4.69) is 15.3 Å². The number of hydrogen-bond donors (Lipinski definition) is 3. The van der Waals surface area contributed by atoms with E-state index in [4.69, 9.17) is 5.10 Å². The second-order valence-corrected chi connectivity index (χ2v) is 8.67. The van der Waals surface area contributed by atoms with E-state index in [0.29, 0.717) is 11.6 Å². The van der Waals surface area contributed by atoms with Crippen molar-refractivity contribution >= 4 is 5.91 Å². The summed E-state index contributed by atoms with van der Waals surface area (Å²) < 4.78 is 2.13. The minimum atomic E-state index is -0.312. The molecule has 1 saturated carbocycles. The van der Waals surface area contributed by atoms with Gasteiger partial charge in [0.25, 0.3) is 5.91 Å². The monoisotopic (exact) mass is 362 g/mol. The lowest BCUT2D eigenvalue weighted by molar-refractivity contribution is 0.0955. The van der Waals surface area contributed by atoms with Crippen LogP contribution in [0.15, 0.2) is 0 Å². The normalized spacial score (nSPS) is 21.5. The fourth-order valence-corrected chi connectivity index (χ4v) is 4.48. The van der Waals surface area contributed by atoms with Crippen LogP contribution in [0.25, 0.3) is 0 Å². The van der Waals surface area contributed by atoms with Crippen LogP contribution in [0.3, 0.4) is 0 Å². The summed E-state index contributed by atoms with van der Waals surface area (Å²) in [5, 5.41) is 20.6. The van der Waals surface area contributed by atoms with Crippen LogP contribution in [0, 0.1) is 5.92 Å². The lowest BCUT2D eigenvalue weighted by Crippen LogP contribution is -2.50. The number of carbonyl (C=O) groups is 1. The molecule has 0 radical (unpaired) electrons. The Hall–Kier alpha value is -1.40. The molecule has 1 atom stereocenters. The van der Waals surface area contributed by atoms with E-state index in [0.717, 1.165) is 31.4 Å². The molecule has 1 aromatic heterocycles. The quantitative estimate of drug-likeness (QED) is 0.724. The molecule has 0 aliphatic heterocycles. The molecule has 2 aliphatic rings. The van der Waals surface area contributed by atoms with Crippen LogP contribution in [-0.4, -0.2) is 46.0 Å². The molecule has 26 heavy (non-hydrogen) atoms. The number of amides is 1. The van der Waals surface area contributed by atoms with Crippen molar-refractivity contribution in [2.45, 2.75) is 83.3 Å². The van der Waals surface area contributed by atoms with Crippen LogP contribution >= 0.6 is 0 Å². The van der Waals surface area contributed by atoms with Gasteiger partial charge in [-0.25, -0.2) is 0 Å². The van der Waals surface area contributed by atoms with E-state index in [9.17, 15) is 9.90 Å². The summed E-state index contributed by atoms with van der Waals surface area (Å²) in [6.45, 7) is 5.06. The van der Waals surface area contributed by atoms with Crippen molar-refractivity contribution in [3.8, 4) is 0 Å². The van der Waals surface area contributed by atoms with Gasteiger partial charge in [0.2, 0.25) is 0 Å². The average molecular weight is 363 g/mol. The Bertz CT molecular complexity index is 632. The van der Waals surface area contributed by atoms with Crippen molar-refractivity contribution < 1.29 is 9.90 Å². The molecular formula is C20H34N4O2. The van der Waals surface area contributed by atoms with Gasteiger partial charge in [-0.15, -0.1) is 0 Å². The first-order chi connectivity index (χ1) is 12.4. The standard InChI is InChI=1S/C20H34N4O2/c1-20(2,13-25)22-15-9-10-17-16(11-15)18(19(26)21-3)23-24(17)12-14-7-5-4-6-8-14/h14-15,22,25H,4-13H2,1-3H3,(H,21,26)/t15-/m1/s1. The number of rotatable bonds is 6. The number of aliphatic hydroxyl groups is 1. The summed E-state index contributed by atoms with van der Waals surface area (Å²) in [4.78, 5) is 12.4. The fourth-order valence-electron chi connectivity index (χ4n) is 4.48. The molecule has 1 aromatic rings. The predicted molar refractivity (Wildman–Crippen MR) is 102 cm³/mol. The molecule has 6 heteroatoms. The van der Waals surface area contributed by atoms with Crippen molar-refractivity contribution in [2.75, 3.05) is 13.7 Å². The number of nitrogens with one attached hydrogen (secondary N) is 2. The molecule has 2 aliphatic carbocycles. The zero-order chi connectivity index (χ0) is 18.7. The van der Waals surface area contributed by atoms with E-state index in [-0.39, 0.29) is 24.1 Å². The van der Waals surface area contributed by atoms with Crippen LogP contribution in [0.2, 0.25) is 0 Å². The van der Waals surface area contributed by atoms with Gasteiger partial charge in [-0.1, -0.05) is 19.3 Å². The molecule has 0 unspecified atom stereocenters. The first-order valence-corrected chi connectivity index (χ1v) is 10.1. The molecule has 0 aromatic carbocycles. The van der Waals surface area contributed by atoms with Gasteiger partial charge in [-0.05, 0) is 51.9 Å². The van der Waals surface area contributed by atoms with Crippen molar-refractivity contribution in [1.82, 2.24) is 20.4 Å². The van der Waals surface area contributed by atoms with Crippen LogP contribution in [0.5, 0.6) is 0 Å². The average Bonchev–Trinajstić information content (AvgIpc) is 2.99. The summed E-state index contributed by atoms with van der Waals surface area (Å²) >= 11 is 0. The van der Waals surface area contributed by atoms with Gasteiger partial charge in [0.15, 0.2) is 5.69 Å². The summed E-state index contributed by atoms with van der Waals surface area (Å²) in [7, 11) is 1.67. The molecule has 6 nitrogen and oxygen atoms in total. The van der Waals surface area contributed by atoms with E-state index < -0.39 is 0 Å². The lowest BCUT2D eigenvalue weighted by atomic mass is 9.88. The molecule has 0 bridgehead atoms. The molecule has 146 valence electrons. The third-order valence-corrected chi connectivity index (χ3v) is 5.93. The largest absolute Gasteiger partial charge is 0.394 e. The van der Waals surface area contributed by atoms with Crippen LogP contribution < -0.4 is 10.6 Å². The first-order valence-electron chi connectivity index (χ1n) is 10.1. The van der Waals surface area contributed by atoms with Gasteiger partial charge in [0, 0.05) is 36.4 Å². The van der Waals surface area contributed by atoms with Gasteiger partial charge in [0.1, 0.15) is 0 Å². The molecular weight excluding hydrogens is 328 g/mol. The van der Waals surface area contributed by atoms with Gasteiger partial charge in [-0.3, -0.25) is 9.48 Å². The van der Waals surface area contributed by atoms with Crippen molar-refractivity contribution in [3.63, 3.8) is 0 Å². The van der Waals surface area contributed by atoms with E-state index in [1.54, 1.807) is 7.05 Å². The molecule has 0 spiro atoms. The Morgan fingerprint density at radius 3 is 2.65 bits per heavy atom. The maximum atomic E-state index is 12.4. The molecule has 3 rings (SSSR count). The van der Waals surface area contributed by atoms with Gasteiger partial charge >= 0.3 is 0 Å². The molecule has 1 heterocycles. The molecule has 0 saturated heterocycles. The van der Waals surface area contributed by atoms with Crippen molar-refractivity contribution in [1.29, 1.82) is 0 Å². The van der Waals surface area contributed by atoms with Crippen LogP contribution in [0.1, 0.15) is 74.1 Å². The van der Waals surface area contributed by atoms with Crippen LogP contribution in [-0.2, 0) is 19.4 Å². The number of aromatic nitrogens is 2. The number of hydrogen-bond acceptors (Lipinski definition) is 4. The Morgan fingerprint density at radius 1 is 1.27 bits per heavy atom. The zero-order valence-electron chi connectivity index (χ0n) is 16.5. The minimum absolute atomic E-state index is 0.0919. The Morgan fingerprint density at radius 2 is 2.00 bits per heavy atom. The summed E-state index contributed by atoms with van der Waals surface area (Å²) in [5.41, 5.74) is 2.62. The first kappa shape index (κ1) is 19.4. The second-order valence-electron chi connectivity index (χ2n) is 8.67. The van der Waals surface area contributed by atoms with E-state index in [1.807, 2.05) is 13.8 Å². The fraction of sp³-hybridized carbons (Fsp3) is 0.800. The Kier molecular flexibility index (Phi) is 6.03. The number of fused-ring (bicyclic) bond motifs is 1. The van der Waals surface area contributed by atoms with E-state index in [1.165, 1.54) is 37.8 Å². The van der Waals surface area contributed by atoms with Gasteiger partial charge in [-0.2, -0.15) is 5.10 Å². The van der Waals surface area contributed by atoms with Crippen LogP contribution in [0.4, 0.5) is 0 Å². The van der Waals surface area contributed by atoms with Gasteiger partial charge < -0.3 is 15.7 Å². The van der Waals surface area contributed by atoms with E-state index >= 15 is 0 Å². The molecule has 1 fully saturated rings. The highest BCUT2D eigenvalue weighted by atomic mass is 16.3. The maximum Gasteiger partial charge on any atom is 0.271 e. The summed E-state index contributed by atoms with van der Waals surface area (Å²) in [5.74, 6) is 0.597. The van der Waals surface area contributed by atoms with Crippen molar-refractivity contribution in [3.05, 3.63) is 17.0 Å². The Balaban J connectivity index is 1.82. The summed E-state index contributed by atoms with van der Waals surface area (Å²) in [6.07, 6.45) is 9.29. The molecule has 1 amide bonds. The Labute approximate surface area is 156 Å². The lowest BCUT2D eigenvalue weighted by Gasteiger charge is -2.33. The number of carbonyl (C=O) groups excluding carboxylic acids is 1. The number of nitrogens with zero attached hydrogens (tertiary/aromatic N) is 2. The van der Waals surface area contributed by atoms with Crippen molar-refractivity contribution in [2.24, 2.45) is 5.92 Å². The summed E-state index contributed by atoms with van der Waals surface area (Å²) in [6, 6.07) is 0.264. The third-order valence-electron chi connectivity index (χ3n) is 5.93. The maximum absolute atomic E-state index is 12.4. The topological polar surface area (TPSA) is 79.2 Å². The smallest absolute Gasteiger partial charge is 0.271 e. The highest BCUT2D eigenvalue weighted by Crippen LogP contribution is 2.30. The predicted octanol–water partition coefficient (Wildman–Crippen LogP) is 2.04. The third kappa shape index (κ3) is 4.29. The highest BCUT2D eigenvalue weighted by Gasteiger charge is 2.32. The minimum Gasteiger partial charge on any atom is -0.394 e. The number of aliphatic hydroxyl groups excluding tert-OH is 1.